The summed E-state index contributed by atoms with van der Waals surface area (Å²) < 4.78 is 18.8. The SMILES string of the molecule is O=[N+]([O-])c1cnc(OC2CCCC[C@@H]2O)c(F)c1. The van der Waals surface area contributed by atoms with E-state index < -0.39 is 28.6 Å². The zero-order chi connectivity index (χ0) is 13.1. The molecule has 6 nitrogen and oxygen atoms in total. The van der Waals surface area contributed by atoms with Gasteiger partial charge < -0.3 is 9.84 Å². The Hall–Kier alpha value is -1.76. The number of aromatic nitrogens is 1. The molecule has 1 fully saturated rings. The van der Waals surface area contributed by atoms with Gasteiger partial charge in [-0.1, -0.05) is 6.42 Å². The average molecular weight is 256 g/mol. The molecule has 2 rings (SSSR count). The van der Waals surface area contributed by atoms with Gasteiger partial charge in [0.2, 0.25) is 0 Å². The molecule has 1 unspecified atom stereocenters. The summed E-state index contributed by atoms with van der Waals surface area (Å²) in [5.74, 6) is -1.19. The molecule has 1 aromatic rings. The Morgan fingerprint density at radius 2 is 2.22 bits per heavy atom. The van der Waals surface area contributed by atoms with Gasteiger partial charge in [0.25, 0.3) is 11.6 Å². The topological polar surface area (TPSA) is 85.5 Å². The van der Waals surface area contributed by atoms with E-state index in [-0.39, 0.29) is 5.88 Å². The molecule has 2 atom stereocenters. The highest BCUT2D eigenvalue weighted by molar-refractivity contribution is 5.30. The molecular formula is C11H13FN2O4. The van der Waals surface area contributed by atoms with Crippen LogP contribution in [0.1, 0.15) is 25.7 Å². The van der Waals surface area contributed by atoms with Crippen LogP contribution in [0.3, 0.4) is 0 Å². The number of rotatable bonds is 3. The van der Waals surface area contributed by atoms with E-state index in [1.165, 1.54) is 0 Å². The Morgan fingerprint density at radius 1 is 1.50 bits per heavy atom. The minimum Gasteiger partial charge on any atom is -0.470 e. The van der Waals surface area contributed by atoms with E-state index in [0.717, 1.165) is 25.1 Å². The number of nitro groups is 1. The van der Waals surface area contributed by atoms with Gasteiger partial charge in [-0.2, -0.15) is 0 Å². The van der Waals surface area contributed by atoms with Crippen molar-refractivity contribution in [1.82, 2.24) is 4.98 Å². The van der Waals surface area contributed by atoms with Crippen molar-refractivity contribution in [3.05, 3.63) is 28.2 Å². The van der Waals surface area contributed by atoms with Crippen molar-refractivity contribution in [1.29, 1.82) is 0 Å². The van der Waals surface area contributed by atoms with Gasteiger partial charge in [0.05, 0.1) is 17.1 Å². The number of nitrogens with zero attached hydrogens (tertiary/aromatic N) is 2. The zero-order valence-electron chi connectivity index (χ0n) is 9.58. The fourth-order valence-corrected chi connectivity index (χ4v) is 1.96. The fourth-order valence-electron chi connectivity index (χ4n) is 1.96. The van der Waals surface area contributed by atoms with E-state index in [2.05, 4.69) is 4.98 Å². The third-order valence-electron chi connectivity index (χ3n) is 2.93. The minimum atomic E-state index is -0.887. The van der Waals surface area contributed by atoms with Crippen molar-refractivity contribution in [2.24, 2.45) is 0 Å². The molecule has 18 heavy (non-hydrogen) atoms. The highest BCUT2D eigenvalue weighted by Gasteiger charge is 2.26. The predicted octanol–water partition coefficient (Wildman–Crippen LogP) is 1.81. The van der Waals surface area contributed by atoms with Crippen LogP contribution in [0.25, 0.3) is 0 Å². The van der Waals surface area contributed by atoms with Crippen LogP contribution < -0.4 is 4.74 Å². The van der Waals surface area contributed by atoms with Crippen molar-refractivity contribution < 1.29 is 19.2 Å². The molecule has 0 spiro atoms. The van der Waals surface area contributed by atoms with Gasteiger partial charge in [0, 0.05) is 0 Å². The molecular weight excluding hydrogens is 243 g/mol. The standard InChI is InChI=1S/C11H13FN2O4/c12-8-5-7(14(16)17)6-13-11(8)18-10-4-2-1-3-9(10)15/h5-6,9-10,15H,1-4H2/t9-,10?/m0/s1. The Balaban J connectivity index is 2.11. The van der Waals surface area contributed by atoms with Crippen LogP contribution in [0.15, 0.2) is 12.3 Å². The first-order valence-electron chi connectivity index (χ1n) is 5.72. The van der Waals surface area contributed by atoms with Crippen LogP contribution in [0.2, 0.25) is 0 Å². The second kappa shape index (κ2) is 5.26. The summed E-state index contributed by atoms with van der Waals surface area (Å²) in [7, 11) is 0. The molecule has 7 heteroatoms. The van der Waals surface area contributed by atoms with Crippen LogP contribution in [0, 0.1) is 15.9 Å². The molecule has 0 amide bonds. The maximum absolute atomic E-state index is 13.5. The number of hydrogen-bond donors (Lipinski definition) is 1. The molecule has 0 aliphatic heterocycles. The number of ether oxygens (including phenoxy) is 1. The van der Waals surface area contributed by atoms with Crippen LogP contribution in [0.4, 0.5) is 10.1 Å². The van der Waals surface area contributed by atoms with Crippen LogP contribution in [0.5, 0.6) is 5.88 Å². The summed E-state index contributed by atoms with van der Waals surface area (Å²) in [6.07, 6.45) is 2.84. The Labute approximate surface area is 103 Å². The summed E-state index contributed by atoms with van der Waals surface area (Å²) in [5, 5.41) is 20.1. The first-order valence-corrected chi connectivity index (χ1v) is 5.72. The maximum atomic E-state index is 13.5. The van der Waals surface area contributed by atoms with E-state index in [1.807, 2.05) is 0 Å². The largest absolute Gasteiger partial charge is 0.470 e. The smallest absolute Gasteiger partial charge is 0.290 e. The summed E-state index contributed by atoms with van der Waals surface area (Å²) in [6, 6.07) is 0.761. The number of pyridine rings is 1. The minimum absolute atomic E-state index is 0.299. The number of aliphatic hydroxyl groups excluding tert-OH is 1. The van der Waals surface area contributed by atoms with Crippen molar-refractivity contribution >= 4 is 5.69 Å². The quantitative estimate of drug-likeness (QED) is 0.658. The molecule has 0 saturated heterocycles. The Morgan fingerprint density at radius 3 is 2.83 bits per heavy atom. The second-order valence-corrected chi connectivity index (χ2v) is 4.25. The number of hydrogen-bond acceptors (Lipinski definition) is 5. The van der Waals surface area contributed by atoms with Gasteiger partial charge in [0.1, 0.15) is 12.3 Å². The van der Waals surface area contributed by atoms with E-state index in [1.54, 1.807) is 0 Å². The Bertz CT molecular complexity index is 455. The van der Waals surface area contributed by atoms with Crippen molar-refractivity contribution in [3.8, 4) is 5.88 Å². The molecule has 0 aromatic carbocycles. The van der Waals surface area contributed by atoms with Crippen LogP contribution in [-0.2, 0) is 0 Å². The van der Waals surface area contributed by atoms with E-state index in [4.69, 9.17) is 4.74 Å². The summed E-state index contributed by atoms with van der Waals surface area (Å²) in [6.45, 7) is 0. The molecule has 0 bridgehead atoms. The van der Waals surface area contributed by atoms with E-state index in [9.17, 15) is 19.6 Å². The molecule has 1 saturated carbocycles. The van der Waals surface area contributed by atoms with Gasteiger partial charge in [-0.3, -0.25) is 10.1 Å². The molecule has 1 aliphatic rings. The monoisotopic (exact) mass is 256 g/mol. The van der Waals surface area contributed by atoms with Gasteiger partial charge in [-0.05, 0) is 19.3 Å². The van der Waals surface area contributed by atoms with Crippen molar-refractivity contribution in [2.75, 3.05) is 0 Å². The third-order valence-corrected chi connectivity index (χ3v) is 2.93. The van der Waals surface area contributed by atoms with Gasteiger partial charge in [-0.15, -0.1) is 0 Å². The third kappa shape index (κ3) is 2.73. The van der Waals surface area contributed by atoms with E-state index in [0.29, 0.717) is 12.8 Å². The molecule has 1 aliphatic carbocycles. The van der Waals surface area contributed by atoms with Crippen LogP contribution in [-0.4, -0.2) is 27.2 Å². The summed E-state index contributed by atoms with van der Waals surface area (Å²) >= 11 is 0. The van der Waals surface area contributed by atoms with Gasteiger partial charge >= 0.3 is 0 Å². The number of aliphatic hydroxyl groups is 1. The predicted molar refractivity (Wildman–Crippen MR) is 59.7 cm³/mol. The highest BCUT2D eigenvalue weighted by atomic mass is 19.1. The van der Waals surface area contributed by atoms with Gasteiger partial charge in [-0.25, -0.2) is 9.37 Å². The lowest BCUT2D eigenvalue weighted by molar-refractivity contribution is -0.385. The fraction of sp³-hybridized carbons (Fsp3) is 0.545. The molecule has 98 valence electrons. The zero-order valence-corrected chi connectivity index (χ0v) is 9.58. The summed E-state index contributed by atoms with van der Waals surface area (Å²) in [4.78, 5) is 13.3. The van der Waals surface area contributed by atoms with Crippen LogP contribution >= 0.6 is 0 Å². The normalized spacial score (nSPS) is 23.7. The van der Waals surface area contributed by atoms with Crippen molar-refractivity contribution in [3.63, 3.8) is 0 Å². The Kier molecular flexibility index (Phi) is 3.71. The van der Waals surface area contributed by atoms with E-state index >= 15 is 0 Å². The summed E-state index contributed by atoms with van der Waals surface area (Å²) in [5.41, 5.74) is -0.427. The number of halogens is 1. The van der Waals surface area contributed by atoms with Crippen molar-refractivity contribution in [2.45, 2.75) is 37.9 Å². The van der Waals surface area contributed by atoms with Gasteiger partial charge in [0.15, 0.2) is 5.82 Å². The first-order chi connectivity index (χ1) is 8.58. The lowest BCUT2D eigenvalue weighted by Gasteiger charge is -2.27. The first kappa shape index (κ1) is 12.7. The second-order valence-electron chi connectivity index (χ2n) is 4.25. The lowest BCUT2D eigenvalue weighted by atomic mass is 9.95. The maximum Gasteiger partial charge on any atom is 0.290 e. The molecule has 0 radical (unpaired) electrons. The lowest BCUT2D eigenvalue weighted by Crippen LogP contribution is -2.35. The average Bonchev–Trinajstić information content (AvgIpc) is 2.34. The molecule has 1 aromatic heterocycles. The molecule has 1 N–H and O–H groups in total. The molecule has 1 heterocycles. The highest BCUT2D eigenvalue weighted by Crippen LogP contribution is 2.25.